The van der Waals surface area contributed by atoms with Gasteiger partial charge in [0.1, 0.15) is 0 Å². The van der Waals surface area contributed by atoms with Crippen LogP contribution in [0.15, 0.2) is 18.2 Å². The van der Waals surface area contributed by atoms with Crippen molar-refractivity contribution >= 4 is 29.1 Å². The number of anilines is 1. The molecule has 4 N–H and O–H groups in total. The van der Waals surface area contributed by atoms with Crippen LogP contribution < -0.4 is 16.4 Å². The monoisotopic (exact) mass is 313 g/mol. The molecular formula is C14H20ClN3O3. The Morgan fingerprint density at radius 3 is 2.76 bits per heavy atom. The van der Waals surface area contributed by atoms with E-state index in [4.69, 9.17) is 22.1 Å². The molecule has 0 saturated carbocycles. The number of hydrogen-bond donors (Lipinski definition) is 3. The molecule has 0 aliphatic heterocycles. The molecule has 1 unspecified atom stereocenters. The van der Waals surface area contributed by atoms with Gasteiger partial charge in [0.25, 0.3) is 5.91 Å². The molecule has 1 rings (SSSR count). The highest BCUT2D eigenvalue weighted by Gasteiger charge is 2.15. The minimum atomic E-state index is -0.653. The molecule has 0 bridgehead atoms. The van der Waals surface area contributed by atoms with Crippen LogP contribution in [0.2, 0.25) is 5.02 Å². The number of methoxy groups -OCH3 is 1. The van der Waals surface area contributed by atoms with Crippen LogP contribution in [-0.4, -0.2) is 38.6 Å². The lowest BCUT2D eigenvalue weighted by Gasteiger charge is -2.13. The number of rotatable bonds is 7. The smallest absolute Gasteiger partial charge is 0.251 e. The quantitative estimate of drug-likeness (QED) is 0.663. The Bertz CT molecular complexity index is 508. The predicted molar refractivity (Wildman–Crippen MR) is 82.6 cm³/mol. The van der Waals surface area contributed by atoms with Gasteiger partial charge in [-0.05, 0) is 31.0 Å². The maximum atomic E-state index is 12.0. The summed E-state index contributed by atoms with van der Waals surface area (Å²) in [4.78, 5) is 23.5. The van der Waals surface area contributed by atoms with Crippen LogP contribution in [0, 0.1) is 0 Å². The van der Waals surface area contributed by atoms with E-state index in [1.54, 1.807) is 19.2 Å². The number of halogens is 1. The molecule has 6 nitrogen and oxygen atoms in total. The second kappa shape index (κ2) is 8.61. The van der Waals surface area contributed by atoms with Crippen LogP contribution in [0.5, 0.6) is 0 Å². The van der Waals surface area contributed by atoms with Crippen LogP contribution in [0.4, 0.5) is 5.69 Å². The third kappa shape index (κ3) is 5.34. The van der Waals surface area contributed by atoms with E-state index in [0.29, 0.717) is 35.7 Å². The van der Waals surface area contributed by atoms with Crippen LogP contribution >= 0.6 is 11.6 Å². The zero-order valence-electron chi connectivity index (χ0n) is 12.1. The number of hydrogen-bond acceptors (Lipinski definition) is 4. The molecule has 1 atom stereocenters. The average Bonchev–Trinajstić information content (AvgIpc) is 2.48. The lowest BCUT2D eigenvalue weighted by atomic mass is 10.1. The summed E-state index contributed by atoms with van der Waals surface area (Å²) in [6.07, 6.45) is 1.20. The zero-order valence-corrected chi connectivity index (χ0v) is 12.9. The first kappa shape index (κ1) is 17.4. The third-order valence-corrected chi connectivity index (χ3v) is 3.24. The van der Waals surface area contributed by atoms with Crippen LogP contribution in [0.3, 0.4) is 0 Å². The molecule has 2 amide bonds. The highest BCUT2D eigenvalue weighted by molar-refractivity contribution is 6.34. The van der Waals surface area contributed by atoms with Gasteiger partial charge in [-0.25, -0.2) is 0 Å². The lowest BCUT2D eigenvalue weighted by molar-refractivity contribution is -0.117. The van der Waals surface area contributed by atoms with Crippen LogP contribution in [0.25, 0.3) is 0 Å². The summed E-state index contributed by atoms with van der Waals surface area (Å²) in [5.74, 6) is -0.603. The van der Waals surface area contributed by atoms with E-state index in [1.165, 1.54) is 13.1 Å². The number of nitrogens with one attached hydrogen (secondary N) is 2. The van der Waals surface area contributed by atoms with Gasteiger partial charge in [-0.1, -0.05) is 11.6 Å². The number of benzene rings is 1. The van der Waals surface area contributed by atoms with Gasteiger partial charge in [0.2, 0.25) is 5.91 Å². The maximum absolute atomic E-state index is 12.0. The summed E-state index contributed by atoms with van der Waals surface area (Å²) in [7, 11) is 3.12. The number of ether oxygens (including phenoxy) is 1. The van der Waals surface area contributed by atoms with Crippen LogP contribution in [0.1, 0.15) is 23.2 Å². The van der Waals surface area contributed by atoms with Gasteiger partial charge >= 0.3 is 0 Å². The predicted octanol–water partition coefficient (Wildman–Crippen LogP) is 1.39. The Labute approximate surface area is 129 Å². The minimum Gasteiger partial charge on any atom is -0.385 e. The molecule has 21 heavy (non-hydrogen) atoms. The van der Waals surface area contributed by atoms with E-state index in [1.807, 2.05) is 0 Å². The molecular weight excluding hydrogens is 294 g/mol. The van der Waals surface area contributed by atoms with Gasteiger partial charge in [-0.2, -0.15) is 0 Å². The fourth-order valence-corrected chi connectivity index (χ4v) is 1.88. The molecule has 1 aromatic rings. The van der Waals surface area contributed by atoms with Gasteiger partial charge in [0.15, 0.2) is 0 Å². The summed E-state index contributed by atoms with van der Waals surface area (Å²) >= 11 is 6.01. The Kier molecular flexibility index (Phi) is 7.14. The van der Waals surface area contributed by atoms with Crippen molar-refractivity contribution in [1.82, 2.24) is 5.32 Å². The molecule has 0 aromatic heterocycles. The molecule has 7 heteroatoms. The van der Waals surface area contributed by atoms with E-state index < -0.39 is 6.04 Å². The topological polar surface area (TPSA) is 93.5 Å². The van der Waals surface area contributed by atoms with Gasteiger partial charge in [-0.3, -0.25) is 9.59 Å². The fraction of sp³-hybridized carbons (Fsp3) is 0.429. The lowest BCUT2D eigenvalue weighted by Crippen LogP contribution is -2.35. The maximum Gasteiger partial charge on any atom is 0.251 e. The van der Waals surface area contributed by atoms with E-state index in [2.05, 4.69) is 10.6 Å². The molecule has 0 spiro atoms. The first-order valence-electron chi connectivity index (χ1n) is 6.56. The van der Waals surface area contributed by atoms with Gasteiger partial charge < -0.3 is 21.1 Å². The zero-order chi connectivity index (χ0) is 15.8. The number of nitrogens with two attached hydrogens (primary N) is 1. The van der Waals surface area contributed by atoms with E-state index in [-0.39, 0.29) is 11.8 Å². The number of amides is 2. The average molecular weight is 314 g/mol. The highest BCUT2D eigenvalue weighted by atomic mass is 35.5. The molecule has 0 aliphatic carbocycles. The molecule has 0 fully saturated rings. The number of carbonyl (C=O) groups is 2. The van der Waals surface area contributed by atoms with Crippen molar-refractivity contribution in [3.8, 4) is 0 Å². The van der Waals surface area contributed by atoms with Gasteiger partial charge in [-0.15, -0.1) is 0 Å². The van der Waals surface area contributed by atoms with E-state index in [9.17, 15) is 9.59 Å². The normalized spacial score (nSPS) is 11.8. The van der Waals surface area contributed by atoms with Crippen molar-refractivity contribution in [2.75, 3.05) is 26.1 Å². The first-order chi connectivity index (χ1) is 9.99. The molecule has 0 radical (unpaired) electrons. The second-order valence-corrected chi connectivity index (χ2v) is 4.91. The summed E-state index contributed by atoms with van der Waals surface area (Å²) in [6, 6.07) is 3.99. The molecule has 0 saturated heterocycles. The molecule has 0 aliphatic rings. The van der Waals surface area contributed by atoms with Crippen molar-refractivity contribution in [3.05, 3.63) is 28.8 Å². The third-order valence-electron chi connectivity index (χ3n) is 2.91. The van der Waals surface area contributed by atoms with Crippen molar-refractivity contribution in [3.63, 3.8) is 0 Å². The van der Waals surface area contributed by atoms with Crippen molar-refractivity contribution in [2.24, 2.45) is 5.73 Å². The summed E-state index contributed by atoms with van der Waals surface area (Å²) in [5, 5.41) is 5.49. The minimum absolute atomic E-state index is 0.258. The Morgan fingerprint density at radius 2 is 2.14 bits per heavy atom. The van der Waals surface area contributed by atoms with Gasteiger partial charge in [0, 0.05) is 26.3 Å². The summed E-state index contributed by atoms with van der Waals surface area (Å²) in [6.45, 7) is 0.549. The highest BCUT2D eigenvalue weighted by Crippen LogP contribution is 2.23. The molecule has 116 valence electrons. The Balaban J connectivity index is 2.72. The molecule has 0 heterocycles. The van der Waals surface area contributed by atoms with Crippen molar-refractivity contribution in [1.29, 1.82) is 0 Å². The largest absolute Gasteiger partial charge is 0.385 e. The van der Waals surface area contributed by atoms with Crippen LogP contribution in [-0.2, 0) is 9.53 Å². The van der Waals surface area contributed by atoms with E-state index in [0.717, 1.165) is 0 Å². The second-order valence-electron chi connectivity index (χ2n) is 4.50. The van der Waals surface area contributed by atoms with Crippen molar-refractivity contribution < 1.29 is 14.3 Å². The first-order valence-corrected chi connectivity index (χ1v) is 6.94. The van der Waals surface area contributed by atoms with Crippen molar-refractivity contribution in [2.45, 2.75) is 18.9 Å². The Morgan fingerprint density at radius 1 is 1.43 bits per heavy atom. The summed E-state index contributed by atoms with van der Waals surface area (Å²) in [5.41, 5.74) is 6.56. The van der Waals surface area contributed by atoms with Gasteiger partial charge in [0.05, 0.1) is 16.8 Å². The summed E-state index contributed by atoms with van der Waals surface area (Å²) < 4.78 is 4.91. The number of carbonyl (C=O) groups excluding carboxylic acids is 2. The fourth-order valence-electron chi connectivity index (χ4n) is 1.71. The Hall–Kier alpha value is -1.63. The molecule has 1 aromatic carbocycles. The standard InChI is InChI=1S/C14H20ClN3O3/c1-17-13(19)9-5-6-10(15)12(8-9)18-14(20)11(16)4-3-7-21-2/h5-6,8,11H,3-4,7,16H2,1-2H3,(H,17,19)(H,18,20). The van der Waals surface area contributed by atoms with E-state index >= 15 is 0 Å². The SMILES string of the molecule is CNC(=O)c1ccc(Cl)c(NC(=O)C(N)CCCOC)c1.